The van der Waals surface area contributed by atoms with Gasteiger partial charge in [-0.2, -0.15) is 4.21 Å². The van der Waals surface area contributed by atoms with Crippen LogP contribution in [0.5, 0.6) is 0 Å². The Morgan fingerprint density at radius 2 is 0.900 bits per heavy atom. The fraction of sp³-hybridized carbons (Fsp3) is 1.00. The SMILES string of the molecule is C[S+](C)[O-].C[S+](C)[O-].O=S. The van der Waals surface area contributed by atoms with Gasteiger partial charge in [-0.05, 0) is 0 Å². The topological polar surface area (TPSA) is 63.2 Å². The lowest BCUT2D eigenvalue weighted by Gasteiger charge is -1.87. The monoisotopic (exact) mass is 204 g/mol. The summed E-state index contributed by atoms with van der Waals surface area (Å²) >= 11 is 1.61. The fourth-order valence-electron chi connectivity index (χ4n) is 0. The molecule has 0 amide bonds. The van der Waals surface area contributed by atoms with Crippen molar-refractivity contribution in [3.8, 4) is 0 Å². The van der Waals surface area contributed by atoms with Crippen LogP contribution in [0, 0.1) is 0 Å². The van der Waals surface area contributed by atoms with Crippen molar-refractivity contribution in [3.05, 3.63) is 0 Å². The molecule has 0 saturated carbocycles. The second kappa shape index (κ2) is 16.3. The van der Waals surface area contributed by atoms with Crippen molar-refractivity contribution in [2.75, 3.05) is 25.0 Å². The lowest BCUT2D eigenvalue weighted by molar-refractivity contribution is 0.605. The highest BCUT2D eigenvalue weighted by atomic mass is 32.2. The minimum absolute atomic E-state index is 0.611. The normalized spacial score (nSPS) is 7.60. The Morgan fingerprint density at radius 1 is 0.900 bits per heavy atom. The molecule has 0 aromatic carbocycles. The molecule has 0 aromatic rings. The predicted octanol–water partition coefficient (Wildman–Crippen LogP) is -0.347. The average molecular weight is 204 g/mol. The molecule has 64 valence electrons. The molecule has 0 saturated heterocycles. The first-order valence-corrected chi connectivity index (χ1v) is 6.40. The van der Waals surface area contributed by atoms with Crippen molar-refractivity contribution in [2.45, 2.75) is 0 Å². The molecular weight excluding hydrogens is 192 g/mol. The zero-order valence-electron chi connectivity index (χ0n) is 6.45. The Bertz CT molecular complexity index is 39.5. The van der Waals surface area contributed by atoms with Gasteiger partial charge in [0.1, 0.15) is 0 Å². The van der Waals surface area contributed by atoms with Gasteiger partial charge >= 0.3 is 0 Å². The van der Waals surface area contributed by atoms with Gasteiger partial charge in [0.25, 0.3) is 0 Å². The Morgan fingerprint density at radius 3 is 0.900 bits per heavy atom. The van der Waals surface area contributed by atoms with Crippen LogP contribution in [0.3, 0.4) is 0 Å². The van der Waals surface area contributed by atoms with E-state index in [0.29, 0.717) is 0 Å². The molecule has 0 aliphatic heterocycles. The zero-order valence-corrected chi connectivity index (χ0v) is 8.90. The summed E-state index contributed by atoms with van der Waals surface area (Å²) in [6, 6.07) is 0. The maximum atomic E-state index is 9.56. The van der Waals surface area contributed by atoms with Crippen molar-refractivity contribution in [1.29, 1.82) is 0 Å². The van der Waals surface area contributed by atoms with Crippen LogP contribution in [0.2, 0.25) is 0 Å². The Balaban J connectivity index is -0.0000000787. The molecule has 0 bridgehead atoms. The molecule has 0 radical (unpaired) electrons. The van der Waals surface area contributed by atoms with E-state index in [1.807, 2.05) is 0 Å². The standard InChI is InChI=1S/2C2H6OS.OS/c2*1-4(2)3;1-2/h2*1-2H3;. The van der Waals surface area contributed by atoms with Gasteiger partial charge in [0.2, 0.25) is 0 Å². The first kappa shape index (κ1) is 16.9. The van der Waals surface area contributed by atoms with Gasteiger partial charge in [0, 0.05) is 0 Å². The van der Waals surface area contributed by atoms with Crippen LogP contribution in [0.1, 0.15) is 0 Å². The van der Waals surface area contributed by atoms with Crippen LogP contribution in [-0.4, -0.2) is 38.3 Å². The molecule has 0 aliphatic carbocycles. The highest BCUT2D eigenvalue weighted by molar-refractivity contribution is 7.90. The van der Waals surface area contributed by atoms with E-state index < -0.39 is 22.4 Å². The summed E-state index contributed by atoms with van der Waals surface area (Å²) in [6.45, 7) is 0. The molecular formula is C4H12O3S3. The van der Waals surface area contributed by atoms with Crippen LogP contribution in [0.4, 0.5) is 0 Å². The van der Waals surface area contributed by atoms with E-state index in [2.05, 4.69) is 12.5 Å². The molecule has 0 atom stereocenters. The van der Waals surface area contributed by atoms with E-state index in [-0.39, 0.29) is 0 Å². The zero-order chi connectivity index (χ0) is 9.15. The van der Waals surface area contributed by atoms with Gasteiger partial charge in [-0.3, -0.25) is 0 Å². The van der Waals surface area contributed by atoms with Crippen molar-refractivity contribution in [2.24, 2.45) is 0 Å². The summed E-state index contributed by atoms with van der Waals surface area (Å²) in [4.78, 5) is 0. The van der Waals surface area contributed by atoms with Gasteiger partial charge in [-0.1, -0.05) is 22.4 Å². The fourth-order valence-corrected chi connectivity index (χ4v) is 0. The molecule has 3 nitrogen and oxygen atoms in total. The van der Waals surface area contributed by atoms with Crippen molar-refractivity contribution in [1.82, 2.24) is 0 Å². The molecule has 6 heteroatoms. The molecule has 10 heavy (non-hydrogen) atoms. The van der Waals surface area contributed by atoms with Crippen molar-refractivity contribution >= 4 is 34.9 Å². The lowest BCUT2D eigenvalue weighted by atomic mass is 11.9. The van der Waals surface area contributed by atoms with E-state index in [1.165, 1.54) is 0 Å². The summed E-state index contributed by atoms with van der Waals surface area (Å²) in [7, 11) is 0. The molecule has 0 aliphatic rings. The van der Waals surface area contributed by atoms with Crippen molar-refractivity contribution in [3.63, 3.8) is 0 Å². The Labute approximate surface area is 73.5 Å². The Kier molecular flexibility index (Phi) is 27.6. The Hall–Kier alpha value is 0.640. The average Bonchev–Trinajstić information content (AvgIpc) is 1.66. The maximum absolute atomic E-state index is 9.56. The highest BCUT2D eigenvalue weighted by Gasteiger charge is 1.66. The molecule has 0 heterocycles. The van der Waals surface area contributed by atoms with E-state index in [9.17, 15) is 9.11 Å². The first-order chi connectivity index (χ1) is 4.46. The van der Waals surface area contributed by atoms with Crippen LogP contribution in [0.25, 0.3) is 0 Å². The summed E-state index contributed by atoms with van der Waals surface area (Å²) in [6.07, 6.45) is 6.56. The summed E-state index contributed by atoms with van der Waals surface area (Å²) < 4.78 is 26.9. The second-order valence-corrected chi connectivity index (χ2v) is 4.45. The van der Waals surface area contributed by atoms with Crippen LogP contribution in [-0.2, 0) is 34.9 Å². The van der Waals surface area contributed by atoms with E-state index >= 15 is 0 Å². The van der Waals surface area contributed by atoms with Crippen LogP contribution < -0.4 is 0 Å². The highest BCUT2D eigenvalue weighted by Crippen LogP contribution is 1.62. The van der Waals surface area contributed by atoms with Gasteiger partial charge < -0.3 is 9.11 Å². The third kappa shape index (κ3) is 1230. The van der Waals surface area contributed by atoms with Gasteiger partial charge in [0.15, 0.2) is 12.5 Å². The summed E-state index contributed by atoms with van der Waals surface area (Å²) in [5.41, 5.74) is 0. The van der Waals surface area contributed by atoms with Gasteiger partial charge in [0.05, 0.1) is 25.0 Å². The largest absolute Gasteiger partial charge is 0.617 e. The second-order valence-electron chi connectivity index (χ2n) is 1.48. The van der Waals surface area contributed by atoms with Crippen molar-refractivity contribution < 1.29 is 13.3 Å². The van der Waals surface area contributed by atoms with Crippen LogP contribution >= 0.6 is 0 Å². The summed E-state index contributed by atoms with van der Waals surface area (Å²) in [5, 5.41) is 0. The smallest absolute Gasteiger partial charge is 0.197 e. The van der Waals surface area contributed by atoms with Gasteiger partial charge in [-0.15, -0.1) is 0 Å². The number of rotatable bonds is 0. The van der Waals surface area contributed by atoms with E-state index in [0.717, 1.165) is 0 Å². The third-order valence-corrected chi connectivity index (χ3v) is 0. The van der Waals surface area contributed by atoms with E-state index in [4.69, 9.17) is 4.21 Å². The lowest BCUT2D eigenvalue weighted by Crippen LogP contribution is -1.86. The van der Waals surface area contributed by atoms with Gasteiger partial charge in [-0.25, -0.2) is 0 Å². The molecule has 0 N–H and O–H groups in total. The number of hydrogen-bond donors (Lipinski definition) is 0. The van der Waals surface area contributed by atoms with E-state index in [1.54, 1.807) is 25.0 Å². The molecule has 0 spiro atoms. The molecule has 0 aromatic heterocycles. The predicted molar refractivity (Wildman–Crippen MR) is 48.1 cm³/mol. The quantitative estimate of drug-likeness (QED) is 0.506. The molecule has 0 rings (SSSR count). The molecule has 0 unspecified atom stereocenters. The minimum atomic E-state index is -0.611. The maximum Gasteiger partial charge on any atom is 0.197 e. The minimum Gasteiger partial charge on any atom is -0.617 e. The molecule has 0 fully saturated rings. The number of hydrogen-bond acceptors (Lipinski definition) is 4. The summed E-state index contributed by atoms with van der Waals surface area (Å²) in [5.74, 6) is 0. The first-order valence-electron chi connectivity index (χ1n) is 2.13. The van der Waals surface area contributed by atoms with Crippen LogP contribution in [0.15, 0.2) is 0 Å². The third-order valence-electron chi connectivity index (χ3n) is 0.